The second-order valence-corrected chi connectivity index (χ2v) is 7.54. The number of rotatable bonds is 7. The highest BCUT2D eigenvalue weighted by molar-refractivity contribution is 7.13. The maximum absolute atomic E-state index is 12.3. The Hall–Kier alpha value is -3.09. The number of hydrogen-bond donors (Lipinski definition) is 1. The molecule has 0 spiro atoms. The predicted molar refractivity (Wildman–Crippen MR) is 113 cm³/mol. The summed E-state index contributed by atoms with van der Waals surface area (Å²) in [4.78, 5) is 16.7. The van der Waals surface area contributed by atoms with E-state index < -0.39 is 0 Å². The number of nitrogens with one attached hydrogen (secondary N) is 1. The van der Waals surface area contributed by atoms with Crippen LogP contribution in [0.25, 0.3) is 10.6 Å². The van der Waals surface area contributed by atoms with Crippen LogP contribution >= 0.6 is 22.9 Å². The third-order valence-corrected chi connectivity index (χ3v) is 5.24. The van der Waals surface area contributed by atoms with Crippen molar-refractivity contribution >= 4 is 28.8 Å². The lowest BCUT2D eigenvalue weighted by Crippen LogP contribution is -2.22. The van der Waals surface area contributed by atoms with Gasteiger partial charge in [0.05, 0.1) is 12.8 Å². The molecule has 1 N–H and O–H groups in total. The number of carbonyl (C=O) groups excluding carboxylic acids is 1. The van der Waals surface area contributed by atoms with Crippen molar-refractivity contribution in [3.8, 4) is 16.3 Å². The van der Waals surface area contributed by atoms with Crippen LogP contribution in [0.5, 0.6) is 5.75 Å². The molecule has 0 aliphatic carbocycles. The van der Waals surface area contributed by atoms with Gasteiger partial charge in [0, 0.05) is 16.0 Å². The van der Waals surface area contributed by atoms with Crippen LogP contribution < -0.4 is 10.1 Å². The number of benzene rings is 2. The van der Waals surface area contributed by atoms with Crippen LogP contribution in [-0.2, 0) is 13.2 Å². The molecule has 29 heavy (non-hydrogen) atoms. The SMILES string of the molecule is O=C(NCc1ccco1)c1csc(-c2cccc(OCc3cccc(Cl)c3)c2)n1. The number of ether oxygens (including phenoxy) is 1. The van der Waals surface area contributed by atoms with Gasteiger partial charge in [0.1, 0.15) is 28.8 Å². The standard InChI is InChI=1S/C22H17ClN2O3S/c23-17-6-1-4-15(10-17)13-28-18-7-2-5-16(11-18)22-25-20(14-29-22)21(26)24-12-19-8-3-9-27-19/h1-11,14H,12-13H2,(H,24,26). The van der Waals surface area contributed by atoms with Gasteiger partial charge in [-0.1, -0.05) is 35.9 Å². The fraction of sp³-hybridized carbons (Fsp3) is 0.0909. The van der Waals surface area contributed by atoms with E-state index in [4.69, 9.17) is 20.8 Å². The Bertz CT molecular complexity index is 1110. The minimum atomic E-state index is -0.239. The first-order valence-corrected chi connectivity index (χ1v) is 10.2. The van der Waals surface area contributed by atoms with Crippen molar-refractivity contribution in [3.05, 3.63) is 94.3 Å². The summed E-state index contributed by atoms with van der Waals surface area (Å²) in [6.45, 7) is 0.744. The third-order valence-electron chi connectivity index (χ3n) is 4.12. The van der Waals surface area contributed by atoms with E-state index >= 15 is 0 Å². The van der Waals surface area contributed by atoms with Crippen LogP contribution in [0.4, 0.5) is 0 Å². The lowest BCUT2D eigenvalue weighted by atomic mass is 10.2. The molecule has 2 aromatic carbocycles. The average Bonchev–Trinajstić information content (AvgIpc) is 3.43. The van der Waals surface area contributed by atoms with E-state index in [0.717, 1.165) is 21.9 Å². The van der Waals surface area contributed by atoms with Gasteiger partial charge in [0.15, 0.2) is 0 Å². The van der Waals surface area contributed by atoms with Crippen molar-refractivity contribution in [2.24, 2.45) is 0 Å². The number of thiazole rings is 1. The number of aromatic nitrogens is 1. The van der Waals surface area contributed by atoms with Gasteiger partial charge in [-0.05, 0) is 42.0 Å². The molecule has 0 aliphatic heterocycles. The molecule has 0 atom stereocenters. The molecule has 0 saturated carbocycles. The van der Waals surface area contributed by atoms with Crippen LogP contribution in [0.15, 0.2) is 76.7 Å². The van der Waals surface area contributed by atoms with Crippen molar-refractivity contribution in [2.75, 3.05) is 0 Å². The Morgan fingerprint density at radius 3 is 2.86 bits per heavy atom. The molecule has 0 unspecified atom stereocenters. The van der Waals surface area contributed by atoms with Gasteiger partial charge in [-0.2, -0.15) is 0 Å². The smallest absolute Gasteiger partial charge is 0.271 e. The molecule has 146 valence electrons. The number of carbonyl (C=O) groups is 1. The zero-order valence-corrected chi connectivity index (χ0v) is 16.9. The Morgan fingerprint density at radius 2 is 2.03 bits per heavy atom. The highest BCUT2D eigenvalue weighted by atomic mass is 35.5. The average molecular weight is 425 g/mol. The van der Waals surface area contributed by atoms with Crippen molar-refractivity contribution in [3.63, 3.8) is 0 Å². The zero-order chi connectivity index (χ0) is 20.1. The number of furan rings is 1. The molecule has 0 fully saturated rings. The van der Waals surface area contributed by atoms with E-state index in [1.54, 1.807) is 17.7 Å². The first-order chi connectivity index (χ1) is 14.2. The molecule has 5 nitrogen and oxygen atoms in total. The number of halogens is 1. The van der Waals surface area contributed by atoms with Crippen LogP contribution in [-0.4, -0.2) is 10.9 Å². The van der Waals surface area contributed by atoms with Crippen molar-refractivity contribution in [1.29, 1.82) is 0 Å². The Kier molecular flexibility index (Phi) is 5.93. The second kappa shape index (κ2) is 8.94. The summed E-state index contributed by atoms with van der Waals surface area (Å²) in [6.07, 6.45) is 1.57. The monoisotopic (exact) mass is 424 g/mol. The van der Waals surface area contributed by atoms with Crippen LogP contribution in [0, 0.1) is 0 Å². The summed E-state index contributed by atoms with van der Waals surface area (Å²) in [5, 5.41) is 5.97. The molecular formula is C22H17ClN2O3S. The van der Waals surface area contributed by atoms with E-state index in [1.165, 1.54) is 11.3 Å². The fourth-order valence-corrected chi connectivity index (χ4v) is 3.70. The van der Waals surface area contributed by atoms with Crippen molar-refractivity contribution in [1.82, 2.24) is 10.3 Å². The third kappa shape index (κ3) is 5.04. The topological polar surface area (TPSA) is 64.4 Å². The second-order valence-electron chi connectivity index (χ2n) is 6.25. The van der Waals surface area contributed by atoms with Crippen molar-refractivity contribution in [2.45, 2.75) is 13.2 Å². The van der Waals surface area contributed by atoms with Gasteiger partial charge in [-0.15, -0.1) is 11.3 Å². The highest BCUT2D eigenvalue weighted by Crippen LogP contribution is 2.27. The van der Waals surface area contributed by atoms with Crippen LogP contribution in [0.2, 0.25) is 5.02 Å². The van der Waals surface area contributed by atoms with E-state index in [9.17, 15) is 4.79 Å². The predicted octanol–water partition coefficient (Wildman–Crippen LogP) is 5.57. The van der Waals surface area contributed by atoms with Gasteiger partial charge in [0.2, 0.25) is 0 Å². The van der Waals surface area contributed by atoms with Gasteiger partial charge in [-0.25, -0.2) is 4.98 Å². The molecule has 0 bridgehead atoms. The van der Waals surface area contributed by atoms with Gasteiger partial charge in [-0.3, -0.25) is 4.79 Å². The lowest BCUT2D eigenvalue weighted by molar-refractivity contribution is 0.0944. The zero-order valence-electron chi connectivity index (χ0n) is 15.3. The summed E-state index contributed by atoms with van der Waals surface area (Å²) in [6, 6.07) is 18.8. The lowest BCUT2D eigenvalue weighted by Gasteiger charge is -2.07. The van der Waals surface area contributed by atoms with Gasteiger partial charge < -0.3 is 14.5 Å². The van der Waals surface area contributed by atoms with Crippen LogP contribution in [0.3, 0.4) is 0 Å². The Labute approximate surface area is 176 Å². The molecule has 4 rings (SSSR count). The summed E-state index contributed by atoms with van der Waals surface area (Å²) < 4.78 is 11.1. The fourth-order valence-electron chi connectivity index (χ4n) is 2.69. The Balaban J connectivity index is 1.41. The van der Waals surface area contributed by atoms with E-state index in [1.807, 2.05) is 54.6 Å². The molecule has 1 amide bonds. The molecule has 0 saturated heterocycles. The molecule has 7 heteroatoms. The molecule has 4 aromatic rings. The molecule has 0 aliphatic rings. The molecule has 2 heterocycles. The van der Waals surface area contributed by atoms with E-state index in [2.05, 4.69) is 10.3 Å². The molecule has 0 radical (unpaired) electrons. The largest absolute Gasteiger partial charge is 0.489 e. The summed E-state index contributed by atoms with van der Waals surface area (Å²) in [5.41, 5.74) is 2.26. The minimum absolute atomic E-state index is 0.239. The number of nitrogens with zero attached hydrogens (tertiary/aromatic N) is 1. The first kappa shape index (κ1) is 19.2. The normalized spacial score (nSPS) is 10.7. The highest BCUT2D eigenvalue weighted by Gasteiger charge is 2.12. The quantitative estimate of drug-likeness (QED) is 0.421. The van der Waals surface area contributed by atoms with Gasteiger partial charge >= 0.3 is 0 Å². The summed E-state index contributed by atoms with van der Waals surface area (Å²) in [7, 11) is 0. The Morgan fingerprint density at radius 1 is 1.14 bits per heavy atom. The van der Waals surface area contributed by atoms with E-state index in [-0.39, 0.29) is 5.91 Å². The van der Waals surface area contributed by atoms with Crippen LogP contribution in [0.1, 0.15) is 21.8 Å². The molecule has 2 aromatic heterocycles. The maximum atomic E-state index is 12.3. The summed E-state index contributed by atoms with van der Waals surface area (Å²) >= 11 is 7.42. The van der Waals surface area contributed by atoms with E-state index in [0.29, 0.717) is 29.6 Å². The first-order valence-electron chi connectivity index (χ1n) is 8.91. The molecular weight excluding hydrogens is 408 g/mol. The maximum Gasteiger partial charge on any atom is 0.271 e. The number of hydrogen-bond acceptors (Lipinski definition) is 5. The summed E-state index contributed by atoms with van der Waals surface area (Å²) in [5.74, 6) is 1.18. The van der Waals surface area contributed by atoms with Gasteiger partial charge in [0.25, 0.3) is 5.91 Å². The number of amides is 1. The van der Waals surface area contributed by atoms with Crippen molar-refractivity contribution < 1.29 is 13.9 Å². The minimum Gasteiger partial charge on any atom is -0.489 e.